The van der Waals surface area contributed by atoms with E-state index in [0.29, 0.717) is 0 Å². The third-order valence-electron chi connectivity index (χ3n) is 4.14. The maximum Gasteiger partial charge on any atom is 0.226 e. The zero-order valence-electron chi connectivity index (χ0n) is 12.3. The second-order valence-corrected chi connectivity index (χ2v) is 5.75. The zero-order valence-corrected chi connectivity index (χ0v) is 12.3. The lowest BCUT2D eigenvalue weighted by Gasteiger charge is -2.27. The molecule has 1 aliphatic rings. The van der Waals surface area contributed by atoms with E-state index in [1.165, 1.54) is 22.2 Å². The summed E-state index contributed by atoms with van der Waals surface area (Å²) in [5.41, 5.74) is 6.03. The van der Waals surface area contributed by atoms with Gasteiger partial charge in [-0.1, -0.05) is 18.2 Å². The molecule has 0 unspecified atom stereocenters. The second kappa shape index (κ2) is 4.58. The highest BCUT2D eigenvalue weighted by Gasteiger charge is 2.22. The lowest BCUT2D eigenvalue weighted by Crippen LogP contribution is -2.31. The fourth-order valence-corrected chi connectivity index (χ4v) is 3.19. The zero-order chi connectivity index (χ0) is 14.4. The Hall–Kier alpha value is -2.36. The van der Waals surface area contributed by atoms with Crippen LogP contribution in [-0.2, 0) is 13.0 Å². The Balaban J connectivity index is 1.76. The Kier molecular flexibility index (Phi) is 2.70. The molecule has 0 atom stereocenters. The largest absolute Gasteiger partial charge is 0.358 e. The van der Waals surface area contributed by atoms with Crippen LogP contribution < -0.4 is 4.90 Å². The van der Waals surface area contributed by atoms with Gasteiger partial charge in [-0.2, -0.15) is 0 Å². The number of aryl methyl sites for hydroxylation is 2. The number of nitrogens with one attached hydrogen (secondary N) is 1. The summed E-state index contributed by atoms with van der Waals surface area (Å²) in [6, 6.07) is 10.5. The first-order valence-corrected chi connectivity index (χ1v) is 7.36. The summed E-state index contributed by atoms with van der Waals surface area (Å²) in [5, 5.41) is 1.32. The van der Waals surface area contributed by atoms with E-state index in [2.05, 4.69) is 44.1 Å². The first kappa shape index (κ1) is 12.4. The molecule has 1 aromatic carbocycles. The summed E-state index contributed by atoms with van der Waals surface area (Å²) in [6.45, 7) is 5.89. The quantitative estimate of drug-likeness (QED) is 0.743. The Morgan fingerprint density at radius 3 is 2.67 bits per heavy atom. The Morgan fingerprint density at radius 2 is 1.86 bits per heavy atom. The highest BCUT2D eigenvalue weighted by molar-refractivity contribution is 5.85. The van der Waals surface area contributed by atoms with Crippen molar-refractivity contribution in [3.05, 3.63) is 53.0 Å². The van der Waals surface area contributed by atoms with Gasteiger partial charge in [0.05, 0.1) is 0 Å². The molecule has 0 saturated heterocycles. The van der Waals surface area contributed by atoms with Crippen molar-refractivity contribution in [2.45, 2.75) is 26.8 Å². The molecule has 21 heavy (non-hydrogen) atoms. The Labute approximate surface area is 123 Å². The monoisotopic (exact) mass is 278 g/mol. The number of aromatic amines is 1. The van der Waals surface area contributed by atoms with E-state index in [1.54, 1.807) is 0 Å². The van der Waals surface area contributed by atoms with E-state index in [1.807, 2.05) is 19.9 Å². The van der Waals surface area contributed by atoms with Gasteiger partial charge in [-0.25, -0.2) is 9.97 Å². The van der Waals surface area contributed by atoms with Crippen molar-refractivity contribution in [1.29, 1.82) is 0 Å². The molecule has 0 amide bonds. The molecule has 0 spiro atoms. The number of anilines is 1. The highest BCUT2D eigenvalue weighted by atomic mass is 15.3. The van der Waals surface area contributed by atoms with E-state index in [0.717, 1.165) is 36.8 Å². The van der Waals surface area contributed by atoms with Gasteiger partial charge < -0.3 is 9.88 Å². The minimum absolute atomic E-state index is 0.850. The number of hydrogen-bond acceptors (Lipinski definition) is 3. The first-order valence-electron chi connectivity index (χ1n) is 7.36. The van der Waals surface area contributed by atoms with Crippen LogP contribution in [0.3, 0.4) is 0 Å². The molecule has 0 aliphatic carbocycles. The molecule has 1 N–H and O–H groups in total. The minimum Gasteiger partial charge on any atom is -0.358 e. The molecule has 0 fully saturated rings. The minimum atomic E-state index is 0.850. The van der Waals surface area contributed by atoms with E-state index >= 15 is 0 Å². The van der Waals surface area contributed by atoms with Gasteiger partial charge in [-0.15, -0.1) is 0 Å². The molecule has 3 aromatic rings. The third-order valence-corrected chi connectivity index (χ3v) is 4.14. The molecule has 0 saturated carbocycles. The van der Waals surface area contributed by atoms with E-state index < -0.39 is 0 Å². The molecular formula is C17H18N4. The summed E-state index contributed by atoms with van der Waals surface area (Å²) in [7, 11) is 0. The topological polar surface area (TPSA) is 44.8 Å². The number of rotatable bonds is 1. The summed E-state index contributed by atoms with van der Waals surface area (Å²) >= 11 is 0. The van der Waals surface area contributed by atoms with Crippen molar-refractivity contribution >= 4 is 16.9 Å². The number of para-hydroxylation sites is 1. The SMILES string of the molecule is Cc1cc(C)nc(N2CCc3[nH]c4ccccc4c3C2)n1. The van der Waals surface area contributed by atoms with Gasteiger partial charge >= 0.3 is 0 Å². The van der Waals surface area contributed by atoms with Crippen LogP contribution in [0, 0.1) is 13.8 Å². The highest BCUT2D eigenvalue weighted by Crippen LogP contribution is 2.29. The van der Waals surface area contributed by atoms with Crippen LogP contribution in [0.5, 0.6) is 0 Å². The molecule has 106 valence electrons. The summed E-state index contributed by atoms with van der Waals surface area (Å²) in [5.74, 6) is 0.850. The molecule has 4 heteroatoms. The van der Waals surface area contributed by atoms with Crippen molar-refractivity contribution in [1.82, 2.24) is 15.0 Å². The molecule has 2 aromatic heterocycles. The summed E-state index contributed by atoms with van der Waals surface area (Å²) in [4.78, 5) is 15.0. The van der Waals surface area contributed by atoms with Crippen LogP contribution in [-0.4, -0.2) is 21.5 Å². The van der Waals surface area contributed by atoms with Crippen molar-refractivity contribution < 1.29 is 0 Å². The number of nitrogens with zero attached hydrogens (tertiary/aromatic N) is 3. The number of H-pyrrole nitrogens is 1. The summed E-state index contributed by atoms with van der Waals surface area (Å²) < 4.78 is 0. The van der Waals surface area contributed by atoms with Gasteiger partial charge in [0.15, 0.2) is 0 Å². The van der Waals surface area contributed by atoms with Crippen molar-refractivity contribution in [3.63, 3.8) is 0 Å². The van der Waals surface area contributed by atoms with Crippen molar-refractivity contribution in [2.75, 3.05) is 11.4 Å². The van der Waals surface area contributed by atoms with E-state index in [4.69, 9.17) is 0 Å². The number of fused-ring (bicyclic) bond motifs is 3. The molecular weight excluding hydrogens is 260 g/mol. The molecule has 4 rings (SSSR count). The van der Waals surface area contributed by atoms with Gasteiger partial charge in [-0.3, -0.25) is 0 Å². The number of hydrogen-bond donors (Lipinski definition) is 1. The molecule has 4 nitrogen and oxygen atoms in total. The fraction of sp³-hybridized carbons (Fsp3) is 0.294. The van der Waals surface area contributed by atoms with Crippen molar-refractivity contribution in [3.8, 4) is 0 Å². The number of benzene rings is 1. The average Bonchev–Trinajstić information content (AvgIpc) is 2.84. The van der Waals surface area contributed by atoms with Gasteiger partial charge in [0.2, 0.25) is 5.95 Å². The molecule has 1 aliphatic heterocycles. The lowest BCUT2D eigenvalue weighted by atomic mass is 10.0. The third kappa shape index (κ3) is 2.07. The fourth-order valence-electron chi connectivity index (χ4n) is 3.19. The standard InChI is InChI=1S/C17H18N4/c1-11-9-12(2)19-17(18-11)21-8-7-16-14(10-21)13-5-3-4-6-15(13)20-16/h3-6,9,20H,7-8,10H2,1-2H3. The van der Waals surface area contributed by atoms with Crippen LogP contribution >= 0.6 is 0 Å². The summed E-state index contributed by atoms with van der Waals surface area (Å²) in [6.07, 6.45) is 1.01. The second-order valence-electron chi connectivity index (χ2n) is 5.75. The number of aromatic nitrogens is 3. The Morgan fingerprint density at radius 1 is 1.10 bits per heavy atom. The average molecular weight is 278 g/mol. The normalized spacial score (nSPS) is 14.5. The molecule has 3 heterocycles. The van der Waals surface area contributed by atoms with Gasteiger partial charge in [-0.05, 0) is 26.0 Å². The predicted octanol–water partition coefficient (Wildman–Crippen LogP) is 3.14. The first-order chi connectivity index (χ1) is 10.2. The van der Waals surface area contributed by atoms with E-state index in [9.17, 15) is 0 Å². The van der Waals surface area contributed by atoms with E-state index in [-0.39, 0.29) is 0 Å². The predicted molar refractivity (Wildman–Crippen MR) is 84.6 cm³/mol. The van der Waals surface area contributed by atoms with Crippen LogP contribution in [0.15, 0.2) is 30.3 Å². The van der Waals surface area contributed by atoms with Crippen LogP contribution in [0.4, 0.5) is 5.95 Å². The molecule has 0 bridgehead atoms. The smallest absolute Gasteiger partial charge is 0.226 e. The lowest BCUT2D eigenvalue weighted by molar-refractivity contribution is 0.699. The van der Waals surface area contributed by atoms with Crippen molar-refractivity contribution in [2.24, 2.45) is 0 Å². The van der Waals surface area contributed by atoms with Crippen LogP contribution in [0.1, 0.15) is 22.6 Å². The Bertz CT molecular complexity index is 799. The maximum atomic E-state index is 4.60. The van der Waals surface area contributed by atoms with Gasteiger partial charge in [0.25, 0.3) is 0 Å². The van der Waals surface area contributed by atoms with Crippen LogP contribution in [0.25, 0.3) is 10.9 Å². The van der Waals surface area contributed by atoms with Crippen LogP contribution in [0.2, 0.25) is 0 Å². The van der Waals surface area contributed by atoms with Gasteiger partial charge in [0, 0.05) is 53.1 Å². The molecule has 0 radical (unpaired) electrons. The van der Waals surface area contributed by atoms with Gasteiger partial charge in [0.1, 0.15) is 0 Å². The maximum absolute atomic E-state index is 4.60.